The van der Waals surface area contributed by atoms with Crippen molar-refractivity contribution in [1.82, 2.24) is 0 Å². The molecule has 0 saturated heterocycles. The highest BCUT2D eigenvalue weighted by atomic mass is 28.4. The van der Waals surface area contributed by atoms with Gasteiger partial charge < -0.3 is 14.4 Å². The maximum absolute atomic E-state index is 11.8. The standard InChI is InChI=1S/C20H33NO3Si/c1-7-18(17-24-25(5,6)20(2,3)4)16-23-14-13-21(22)15-19-11-9-8-10-12-19/h7-13,18H,1,14-17H2,2-6H3/b21-13-. The molecule has 140 valence electrons. The number of rotatable bonds is 10. The van der Waals surface area contributed by atoms with Crippen LogP contribution < -0.4 is 0 Å². The van der Waals surface area contributed by atoms with E-state index in [-0.39, 0.29) is 11.0 Å². The maximum atomic E-state index is 11.8. The first kappa shape index (κ1) is 21.6. The Balaban J connectivity index is 2.35. The summed E-state index contributed by atoms with van der Waals surface area (Å²) in [5.74, 6) is 0.136. The van der Waals surface area contributed by atoms with E-state index in [0.29, 0.717) is 26.4 Å². The Labute approximate surface area is 153 Å². The lowest BCUT2D eigenvalue weighted by Crippen LogP contribution is -2.42. The number of hydrogen-bond donors (Lipinski definition) is 0. The van der Waals surface area contributed by atoms with Gasteiger partial charge in [0.15, 0.2) is 21.1 Å². The Hall–Kier alpha value is -1.43. The van der Waals surface area contributed by atoms with Crippen molar-refractivity contribution in [3.8, 4) is 0 Å². The molecule has 0 spiro atoms. The van der Waals surface area contributed by atoms with E-state index in [2.05, 4.69) is 40.4 Å². The fourth-order valence-corrected chi connectivity index (χ4v) is 2.96. The van der Waals surface area contributed by atoms with Gasteiger partial charge in [0.1, 0.15) is 6.61 Å². The lowest BCUT2D eigenvalue weighted by Gasteiger charge is -2.37. The summed E-state index contributed by atoms with van der Waals surface area (Å²) in [5, 5.41) is 12.0. The number of hydrogen-bond acceptors (Lipinski definition) is 3. The Kier molecular flexibility index (Phi) is 8.55. The van der Waals surface area contributed by atoms with Crippen molar-refractivity contribution >= 4 is 14.5 Å². The SMILES string of the molecule is C=CC(COC/C=[N+](\[O-])Cc1ccccc1)CO[Si](C)(C)C(C)(C)C. The largest absolute Gasteiger partial charge is 0.624 e. The summed E-state index contributed by atoms with van der Waals surface area (Å²) in [6.07, 6.45) is 3.40. The Bertz CT molecular complexity index is 550. The monoisotopic (exact) mass is 363 g/mol. The highest BCUT2D eigenvalue weighted by molar-refractivity contribution is 6.74. The minimum Gasteiger partial charge on any atom is -0.624 e. The van der Waals surface area contributed by atoms with Crippen LogP contribution in [0.15, 0.2) is 43.0 Å². The van der Waals surface area contributed by atoms with Crippen LogP contribution in [0.2, 0.25) is 18.1 Å². The van der Waals surface area contributed by atoms with Crippen LogP contribution in [-0.4, -0.2) is 39.1 Å². The fourth-order valence-electron chi connectivity index (χ4n) is 1.90. The van der Waals surface area contributed by atoms with E-state index in [1.54, 1.807) is 0 Å². The molecule has 1 unspecified atom stereocenters. The van der Waals surface area contributed by atoms with E-state index in [1.165, 1.54) is 6.21 Å². The third-order valence-corrected chi connectivity index (χ3v) is 9.21. The van der Waals surface area contributed by atoms with Crippen molar-refractivity contribution in [2.24, 2.45) is 5.92 Å². The van der Waals surface area contributed by atoms with Gasteiger partial charge in [-0.15, -0.1) is 6.58 Å². The molecule has 5 heteroatoms. The summed E-state index contributed by atoms with van der Waals surface area (Å²) < 4.78 is 12.7. The molecule has 1 aromatic rings. The van der Waals surface area contributed by atoms with Gasteiger partial charge in [0.2, 0.25) is 0 Å². The van der Waals surface area contributed by atoms with E-state index in [0.717, 1.165) is 10.3 Å². The van der Waals surface area contributed by atoms with E-state index in [4.69, 9.17) is 9.16 Å². The van der Waals surface area contributed by atoms with Gasteiger partial charge in [-0.2, -0.15) is 0 Å². The highest BCUT2D eigenvalue weighted by Crippen LogP contribution is 2.36. The van der Waals surface area contributed by atoms with Gasteiger partial charge in [-0.25, -0.2) is 4.74 Å². The Morgan fingerprint density at radius 2 is 1.84 bits per heavy atom. The fraction of sp³-hybridized carbons (Fsp3) is 0.550. The van der Waals surface area contributed by atoms with Crippen LogP contribution in [0.4, 0.5) is 0 Å². The van der Waals surface area contributed by atoms with Gasteiger partial charge in [0.05, 0.1) is 6.61 Å². The van der Waals surface area contributed by atoms with Crippen molar-refractivity contribution in [1.29, 1.82) is 0 Å². The Morgan fingerprint density at radius 1 is 1.20 bits per heavy atom. The van der Waals surface area contributed by atoms with Gasteiger partial charge >= 0.3 is 0 Å². The molecule has 0 saturated carbocycles. The second kappa shape index (κ2) is 9.90. The van der Waals surface area contributed by atoms with E-state index in [9.17, 15) is 5.21 Å². The lowest BCUT2D eigenvalue weighted by molar-refractivity contribution is -0.471. The van der Waals surface area contributed by atoms with Gasteiger partial charge in [0.25, 0.3) is 0 Å². The topological polar surface area (TPSA) is 44.5 Å². The molecule has 0 amide bonds. The molecule has 1 atom stereocenters. The number of nitrogens with zero attached hydrogens (tertiary/aromatic N) is 1. The molecule has 0 aliphatic carbocycles. The first-order chi connectivity index (χ1) is 11.7. The average Bonchev–Trinajstić information content (AvgIpc) is 2.54. The van der Waals surface area contributed by atoms with Crippen LogP contribution in [-0.2, 0) is 15.7 Å². The molecule has 25 heavy (non-hydrogen) atoms. The lowest BCUT2D eigenvalue weighted by atomic mass is 10.2. The van der Waals surface area contributed by atoms with Gasteiger partial charge in [-0.3, -0.25) is 0 Å². The molecule has 0 N–H and O–H groups in total. The van der Waals surface area contributed by atoms with E-state index < -0.39 is 8.32 Å². The Morgan fingerprint density at radius 3 is 2.40 bits per heavy atom. The van der Waals surface area contributed by atoms with Crippen molar-refractivity contribution in [2.45, 2.75) is 45.4 Å². The molecular weight excluding hydrogens is 330 g/mol. The molecule has 0 bridgehead atoms. The van der Waals surface area contributed by atoms with Crippen molar-refractivity contribution in [3.63, 3.8) is 0 Å². The van der Waals surface area contributed by atoms with Crippen LogP contribution >= 0.6 is 0 Å². The zero-order chi connectivity index (χ0) is 18.9. The summed E-state index contributed by atoms with van der Waals surface area (Å²) in [5.41, 5.74) is 0.987. The number of benzene rings is 1. The quantitative estimate of drug-likeness (QED) is 0.116. The van der Waals surface area contributed by atoms with Gasteiger partial charge in [-0.1, -0.05) is 57.2 Å². The molecule has 0 radical (unpaired) electrons. The van der Waals surface area contributed by atoms with E-state index >= 15 is 0 Å². The number of ether oxygens (including phenoxy) is 1. The zero-order valence-corrected chi connectivity index (χ0v) is 17.3. The second-order valence-corrected chi connectivity index (χ2v) is 12.7. The molecule has 4 nitrogen and oxygen atoms in total. The first-order valence-electron chi connectivity index (χ1n) is 8.81. The van der Waals surface area contributed by atoms with Crippen molar-refractivity contribution < 1.29 is 13.9 Å². The summed E-state index contributed by atoms with van der Waals surface area (Å²) in [6, 6.07) is 9.66. The first-order valence-corrected chi connectivity index (χ1v) is 11.7. The highest BCUT2D eigenvalue weighted by Gasteiger charge is 2.37. The minimum atomic E-state index is -1.76. The summed E-state index contributed by atoms with van der Waals surface area (Å²) in [7, 11) is -1.76. The van der Waals surface area contributed by atoms with Crippen LogP contribution in [0.3, 0.4) is 0 Å². The molecule has 0 aliphatic rings. The molecule has 1 aromatic carbocycles. The van der Waals surface area contributed by atoms with Crippen molar-refractivity contribution in [2.75, 3.05) is 19.8 Å². The predicted octanol–water partition coefficient (Wildman–Crippen LogP) is 4.61. The smallest absolute Gasteiger partial charge is 0.192 e. The summed E-state index contributed by atoms with van der Waals surface area (Å²) in [4.78, 5) is 0. The molecule has 1 rings (SSSR count). The predicted molar refractivity (Wildman–Crippen MR) is 107 cm³/mol. The maximum Gasteiger partial charge on any atom is 0.192 e. The molecule has 0 fully saturated rings. The van der Waals surface area contributed by atoms with Gasteiger partial charge in [-0.05, 0) is 18.1 Å². The van der Waals surface area contributed by atoms with Crippen LogP contribution in [0, 0.1) is 11.1 Å². The van der Waals surface area contributed by atoms with Crippen LogP contribution in [0.5, 0.6) is 0 Å². The van der Waals surface area contributed by atoms with Gasteiger partial charge in [0, 0.05) is 18.1 Å². The molecule has 0 aliphatic heterocycles. The van der Waals surface area contributed by atoms with Crippen LogP contribution in [0.1, 0.15) is 26.3 Å². The minimum absolute atomic E-state index is 0.136. The summed E-state index contributed by atoms with van der Waals surface area (Å²) in [6.45, 7) is 16.8. The molecular formula is C20H33NO3Si. The van der Waals surface area contributed by atoms with Crippen LogP contribution in [0.25, 0.3) is 0 Å². The zero-order valence-electron chi connectivity index (χ0n) is 16.3. The third kappa shape index (κ3) is 7.99. The summed E-state index contributed by atoms with van der Waals surface area (Å²) >= 11 is 0. The second-order valence-electron chi connectivity index (χ2n) is 7.85. The van der Waals surface area contributed by atoms with Crippen molar-refractivity contribution in [3.05, 3.63) is 53.8 Å². The third-order valence-electron chi connectivity index (χ3n) is 4.71. The molecule has 0 aromatic heterocycles. The number of hydroxylamine groups is 1. The molecule has 0 heterocycles. The normalized spacial score (nSPS) is 14.4. The average molecular weight is 364 g/mol. The van der Waals surface area contributed by atoms with E-state index in [1.807, 2.05) is 36.4 Å².